The Morgan fingerprint density at radius 3 is 2.59 bits per heavy atom. The molecule has 34 heavy (non-hydrogen) atoms. The highest BCUT2D eigenvalue weighted by Gasteiger charge is 2.22. The average Bonchev–Trinajstić information content (AvgIpc) is 2.87. The van der Waals surface area contributed by atoms with Crippen LogP contribution in [0.25, 0.3) is 0 Å². The molecule has 0 bridgehead atoms. The molecule has 1 aliphatic rings. The summed E-state index contributed by atoms with van der Waals surface area (Å²) in [6, 6.07) is 13.9. The zero-order valence-corrected chi connectivity index (χ0v) is 20.7. The van der Waals surface area contributed by atoms with E-state index in [0.29, 0.717) is 12.6 Å². The first-order valence-electron chi connectivity index (χ1n) is 11.2. The number of carbonyl (C=O) groups excluding carboxylic acids is 1. The van der Waals surface area contributed by atoms with Crippen LogP contribution in [0.5, 0.6) is 5.75 Å². The maximum atomic E-state index is 12.6. The quantitative estimate of drug-likeness (QED) is 0.482. The Labute approximate surface area is 201 Å². The Morgan fingerprint density at radius 1 is 1.12 bits per heavy atom. The Morgan fingerprint density at radius 2 is 1.85 bits per heavy atom. The molecule has 186 valence electrons. The maximum absolute atomic E-state index is 12.6. The van der Waals surface area contributed by atoms with Gasteiger partial charge in [-0.15, -0.1) is 0 Å². The summed E-state index contributed by atoms with van der Waals surface area (Å²) in [5.41, 5.74) is 1.13. The van der Waals surface area contributed by atoms with Gasteiger partial charge in [0.2, 0.25) is 0 Å². The minimum atomic E-state index is -3.84. The lowest BCUT2D eigenvalue weighted by atomic mass is 10.1. The summed E-state index contributed by atoms with van der Waals surface area (Å²) in [4.78, 5) is 19.7. The Hall–Kier alpha value is -2.50. The summed E-state index contributed by atoms with van der Waals surface area (Å²) in [5, 5.41) is 2.83. The van der Waals surface area contributed by atoms with Crippen molar-refractivity contribution in [3.05, 3.63) is 59.7 Å². The number of benzene rings is 2. The van der Waals surface area contributed by atoms with E-state index >= 15 is 0 Å². The molecule has 1 aliphatic heterocycles. The molecule has 0 aliphatic carbocycles. The van der Waals surface area contributed by atoms with Crippen LogP contribution in [-0.4, -0.2) is 77.3 Å². The number of carbonyl (C=O) groups is 1. The first-order valence-corrected chi connectivity index (χ1v) is 12.7. The van der Waals surface area contributed by atoms with Gasteiger partial charge in [0.15, 0.2) is 0 Å². The van der Waals surface area contributed by atoms with Gasteiger partial charge in [0.25, 0.3) is 15.9 Å². The predicted octanol–water partition coefficient (Wildman–Crippen LogP) is 2.29. The van der Waals surface area contributed by atoms with Crippen LogP contribution in [0, 0.1) is 0 Å². The average molecular weight is 492 g/mol. The van der Waals surface area contributed by atoms with Crippen LogP contribution in [0.15, 0.2) is 53.4 Å². The third-order valence-corrected chi connectivity index (χ3v) is 7.54. The lowest BCUT2D eigenvalue weighted by Crippen LogP contribution is -2.38. The van der Waals surface area contributed by atoms with E-state index in [1.54, 1.807) is 6.07 Å². The van der Waals surface area contributed by atoms with Crippen molar-refractivity contribution in [3.63, 3.8) is 0 Å². The fraction of sp³-hybridized carbons (Fsp3) is 0.458. The second kappa shape index (κ2) is 12.3. The Kier molecular flexibility index (Phi) is 9.43. The second-order valence-electron chi connectivity index (χ2n) is 8.13. The summed E-state index contributed by atoms with van der Waals surface area (Å²) < 4.78 is 36.9. The van der Waals surface area contributed by atoms with Gasteiger partial charge in [-0.2, -0.15) is 0 Å². The van der Waals surface area contributed by atoms with Gasteiger partial charge in [-0.1, -0.05) is 22.7 Å². The largest absolute Gasteiger partial charge is 0.492 e. The normalized spacial score (nSPS) is 15.0. The number of hydroxylamine groups is 1. The number of hydrogen-bond donors (Lipinski definition) is 1. The molecule has 1 saturated heterocycles. The lowest BCUT2D eigenvalue weighted by Gasteiger charge is -2.31. The first-order chi connectivity index (χ1) is 16.3. The summed E-state index contributed by atoms with van der Waals surface area (Å²) in [6.45, 7) is 3.30. The van der Waals surface area contributed by atoms with E-state index in [4.69, 9.17) is 14.3 Å². The van der Waals surface area contributed by atoms with E-state index in [1.165, 1.54) is 32.4 Å². The number of ether oxygens (including phenoxy) is 2. The number of hydrogen-bond acceptors (Lipinski definition) is 7. The van der Waals surface area contributed by atoms with Gasteiger partial charge in [0.1, 0.15) is 12.4 Å². The molecule has 10 heteroatoms. The fourth-order valence-corrected chi connectivity index (χ4v) is 4.71. The van der Waals surface area contributed by atoms with E-state index in [2.05, 4.69) is 17.3 Å². The minimum Gasteiger partial charge on any atom is -0.492 e. The lowest BCUT2D eigenvalue weighted by molar-refractivity contribution is -0.0258. The highest BCUT2D eigenvalue weighted by molar-refractivity contribution is 7.89. The zero-order valence-electron chi connectivity index (χ0n) is 19.9. The van der Waals surface area contributed by atoms with Gasteiger partial charge in [0.05, 0.1) is 12.0 Å². The molecular formula is C24H33N3O6S. The maximum Gasteiger partial charge on any atom is 0.264 e. The SMILES string of the molecule is CON(C)S(=O)(=O)c1cccc(C(=O)NCc2cccc(OCCN(C)C3CCOCC3)c2)c1. The summed E-state index contributed by atoms with van der Waals surface area (Å²) >= 11 is 0. The molecule has 1 heterocycles. The molecule has 0 unspecified atom stereocenters. The van der Waals surface area contributed by atoms with E-state index in [9.17, 15) is 13.2 Å². The number of rotatable bonds is 11. The van der Waals surface area contributed by atoms with Crippen LogP contribution in [0.3, 0.4) is 0 Å². The van der Waals surface area contributed by atoms with Crippen LogP contribution in [0.2, 0.25) is 0 Å². The van der Waals surface area contributed by atoms with Crippen molar-refractivity contribution in [1.82, 2.24) is 14.7 Å². The zero-order chi connectivity index (χ0) is 24.6. The highest BCUT2D eigenvalue weighted by Crippen LogP contribution is 2.17. The number of nitrogens with zero attached hydrogens (tertiary/aromatic N) is 2. The van der Waals surface area contributed by atoms with E-state index in [1.807, 2.05) is 24.3 Å². The van der Waals surface area contributed by atoms with Gasteiger partial charge < -0.3 is 14.8 Å². The van der Waals surface area contributed by atoms with Crippen molar-refractivity contribution in [1.29, 1.82) is 0 Å². The molecular weight excluding hydrogens is 458 g/mol. The van der Waals surface area contributed by atoms with Crippen LogP contribution < -0.4 is 10.1 Å². The second-order valence-corrected chi connectivity index (χ2v) is 10.1. The monoisotopic (exact) mass is 491 g/mol. The van der Waals surface area contributed by atoms with Crippen molar-refractivity contribution < 1.29 is 27.5 Å². The standard InChI is InChI=1S/C24H33N3O6S/c1-26(21-10-13-32-14-11-21)12-15-33-22-8-4-6-19(16-22)18-25-24(28)20-7-5-9-23(17-20)34(29,30)27(2)31-3/h4-9,16-17,21H,10-15,18H2,1-3H3,(H,25,28). The van der Waals surface area contributed by atoms with Crippen molar-refractivity contribution in [2.24, 2.45) is 0 Å². The minimum absolute atomic E-state index is 0.0226. The van der Waals surface area contributed by atoms with Crippen molar-refractivity contribution in [3.8, 4) is 5.75 Å². The highest BCUT2D eigenvalue weighted by atomic mass is 32.2. The van der Waals surface area contributed by atoms with Gasteiger partial charge in [-0.05, 0) is 55.8 Å². The number of likely N-dealkylation sites (N-methyl/N-ethyl adjacent to an activating group) is 1. The van der Waals surface area contributed by atoms with Gasteiger partial charge in [-0.3, -0.25) is 14.5 Å². The molecule has 1 fully saturated rings. The predicted molar refractivity (Wildman–Crippen MR) is 128 cm³/mol. The Bertz CT molecular complexity index is 1060. The van der Waals surface area contributed by atoms with E-state index in [-0.39, 0.29) is 22.9 Å². The summed E-state index contributed by atoms with van der Waals surface area (Å²) in [7, 11) is 0.827. The summed E-state index contributed by atoms with van der Waals surface area (Å²) in [5.74, 6) is 0.365. The smallest absolute Gasteiger partial charge is 0.264 e. The molecule has 1 amide bonds. The number of sulfonamides is 1. The third-order valence-electron chi connectivity index (χ3n) is 5.87. The fourth-order valence-electron chi connectivity index (χ4n) is 3.69. The topological polar surface area (TPSA) is 97.4 Å². The molecule has 3 rings (SSSR count). The summed E-state index contributed by atoms with van der Waals surface area (Å²) in [6.07, 6.45) is 2.09. The van der Waals surface area contributed by atoms with Gasteiger partial charge in [-0.25, -0.2) is 8.42 Å². The van der Waals surface area contributed by atoms with Crippen LogP contribution >= 0.6 is 0 Å². The third kappa shape index (κ3) is 7.00. The molecule has 1 N–H and O–H groups in total. The van der Waals surface area contributed by atoms with Crippen LogP contribution in [0.4, 0.5) is 0 Å². The van der Waals surface area contributed by atoms with Gasteiger partial charge >= 0.3 is 0 Å². The van der Waals surface area contributed by atoms with Crippen LogP contribution in [0.1, 0.15) is 28.8 Å². The molecule has 2 aromatic carbocycles. The number of nitrogens with one attached hydrogen (secondary N) is 1. The Balaban J connectivity index is 1.52. The molecule has 0 aromatic heterocycles. The molecule has 0 spiro atoms. The molecule has 0 saturated carbocycles. The van der Waals surface area contributed by atoms with E-state index < -0.39 is 10.0 Å². The van der Waals surface area contributed by atoms with E-state index in [0.717, 1.165) is 48.4 Å². The molecule has 0 radical (unpaired) electrons. The van der Waals surface area contributed by atoms with Gasteiger partial charge in [0, 0.05) is 45.0 Å². The van der Waals surface area contributed by atoms with Crippen LogP contribution in [-0.2, 0) is 26.1 Å². The molecule has 2 aromatic rings. The van der Waals surface area contributed by atoms with Crippen molar-refractivity contribution >= 4 is 15.9 Å². The molecule has 0 atom stereocenters. The number of amides is 1. The van der Waals surface area contributed by atoms with Crippen molar-refractivity contribution in [2.45, 2.75) is 30.3 Å². The van der Waals surface area contributed by atoms with Crippen molar-refractivity contribution in [2.75, 3.05) is 47.6 Å². The first kappa shape index (κ1) is 26.1. The molecule has 9 nitrogen and oxygen atoms in total.